The van der Waals surface area contributed by atoms with Crippen LogP contribution >= 0.6 is 0 Å². The molecule has 0 aliphatic rings. The zero-order valence-electron chi connectivity index (χ0n) is 9.93. The number of hydrogen-bond donors (Lipinski definition) is 0. The number of halogens is 1. The number of benzene rings is 2. The molecule has 92 valence electrons. The highest BCUT2D eigenvalue weighted by Crippen LogP contribution is 2.17. The summed E-state index contributed by atoms with van der Waals surface area (Å²) in [5.74, 6) is 0.0824. The molecule has 0 bridgehead atoms. The first-order valence-corrected chi connectivity index (χ1v) is 5.54. The van der Waals surface area contributed by atoms with Crippen LogP contribution in [0.15, 0.2) is 42.5 Å². The van der Waals surface area contributed by atoms with E-state index in [9.17, 15) is 4.39 Å². The van der Waals surface area contributed by atoms with Crippen LogP contribution in [0.2, 0.25) is 0 Å². The second-order valence-electron chi connectivity index (χ2n) is 3.84. The molecule has 0 amide bonds. The number of nitriles is 2. The largest absolute Gasteiger partial charge is 0.489 e. The van der Waals surface area contributed by atoms with E-state index in [4.69, 9.17) is 15.3 Å². The zero-order chi connectivity index (χ0) is 13.7. The summed E-state index contributed by atoms with van der Waals surface area (Å²) in [4.78, 5) is 0. The molecule has 0 N–H and O–H groups in total. The van der Waals surface area contributed by atoms with Gasteiger partial charge in [0.15, 0.2) is 0 Å². The van der Waals surface area contributed by atoms with E-state index in [2.05, 4.69) is 0 Å². The van der Waals surface area contributed by atoms with Crippen molar-refractivity contribution in [3.05, 3.63) is 65.0 Å². The summed E-state index contributed by atoms with van der Waals surface area (Å²) >= 11 is 0. The standard InChI is InChI=1S/C15H9FN2O/c16-14-5-4-12(13(7-14)9-18)10-19-15-3-1-2-11(6-15)8-17/h1-7H,10H2. The monoisotopic (exact) mass is 252 g/mol. The Balaban J connectivity index is 2.15. The Labute approximate surface area is 110 Å². The van der Waals surface area contributed by atoms with Gasteiger partial charge in [-0.05, 0) is 30.3 Å². The Morgan fingerprint density at radius 1 is 1.05 bits per heavy atom. The van der Waals surface area contributed by atoms with Crippen LogP contribution in [0.3, 0.4) is 0 Å². The van der Waals surface area contributed by atoms with Gasteiger partial charge in [0.25, 0.3) is 0 Å². The third-order valence-corrected chi connectivity index (χ3v) is 2.55. The molecular formula is C15H9FN2O. The van der Waals surface area contributed by atoms with Gasteiger partial charge in [-0.15, -0.1) is 0 Å². The van der Waals surface area contributed by atoms with Gasteiger partial charge in [-0.1, -0.05) is 12.1 Å². The van der Waals surface area contributed by atoms with Gasteiger partial charge in [-0.3, -0.25) is 0 Å². The van der Waals surface area contributed by atoms with Crippen LogP contribution in [0.1, 0.15) is 16.7 Å². The first kappa shape index (κ1) is 12.6. The highest BCUT2D eigenvalue weighted by Gasteiger charge is 2.05. The maximum Gasteiger partial charge on any atom is 0.124 e. The molecule has 0 saturated carbocycles. The van der Waals surface area contributed by atoms with Gasteiger partial charge in [-0.25, -0.2) is 4.39 Å². The summed E-state index contributed by atoms with van der Waals surface area (Å²) in [6.45, 7) is 0.151. The van der Waals surface area contributed by atoms with Crippen molar-refractivity contribution < 1.29 is 9.13 Å². The third-order valence-electron chi connectivity index (χ3n) is 2.55. The van der Waals surface area contributed by atoms with E-state index in [-0.39, 0.29) is 12.2 Å². The lowest BCUT2D eigenvalue weighted by Gasteiger charge is -2.07. The molecule has 3 nitrogen and oxygen atoms in total. The van der Waals surface area contributed by atoms with Gasteiger partial charge >= 0.3 is 0 Å². The summed E-state index contributed by atoms with van der Waals surface area (Å²) in [5, 5.41) is 17.7. The average molecular weight is 252 g/mol. The van der Waals surface area contributed by atoms with Gasteiger partial charge in [0.2, 0.25) is 0 Å². The van der Waals surface area contributed by atoms with Crippen LogP contribution in [0, 0.1) is 28.5 Å². The van der Waals surface area contributed by atoms with E-state index in [1.54, 1.807) is 24.3 Å². The van der Waals surface area contributed by atoms with Crippen molar-refractivity contribution >= 4 is 0 Å². The molecule has 0 aliphatic heterocycles. The van der Waals surface area contributed by atoms with Crippen molar-refractivity contribution in [2.45, 2.75) is 6.61 Å². The van der Waals surface area contributed by atoms with Crippen molar-refractivity contribution in [3.63, 3.8) is 0 Å². The summed E-state index contributed by atoms with van der Waals surface area (Å²) in [7, 11) is 0. The molecule has 0 spiro atoms. The van der Waals surface area contributed by atoms with Crippen molar-refractivity contribution in [2.75, 3.05) is 0 Å². The zero-order valence-corrected chi connectivity index (χ0v) is 9.93. The Morgan fingerprint density at radius 2 is 1.89 bits per heavy atom. The lowest BCUT2D eigenvalue weighted by molar-refractivity contribution is 0.305. The maximum atomic E-state index is 13.0. The highest BCUT2D eigenvalue weighted by molar-refractivity contribution is 5.39. The predicted molar refractivity (Wildman–Crippen MR) is 66.6 cm³/mol. The van der Waals surface area contributed by atoms with Crippen molar-refractivity contribution in [3.8, 4) is 17.9 Å². The van der Waals surface area contributed by atoms with Crippen LogP contribution in [-0.4, -0.2) is 0 Å². The fourth-order valence-corrected chi connectivity index (χ4v) is 1.60. The van der Waals surface area contributed by atoms with Gasteiger partial charge < -0.3 is 4.74 Å². The molecule has 0 unspecified atom stereocenters. The molecule has 0 radical (unpaired) electrons. The second kappa shape index (κ2) is 5.66. The van der Waals surface area contributed by atoms with Gasteiger partial charge in [-0.2, -0.15) is 10.5 Å². The summed E-state index contributed by atoms with van der Waals surface area (Å²) in [5.41, 5.74) is 1.35. The van der Waals surface area contributed by atoms with Crippen molar-refractivity contribution in [1.82, 2.24) is 0 Å². The van der Waals surface area contributed by atoms with Crippen LogP contribution in [0.25, 0.3) is 0 Å². The molecule has 2 rings (SSSR count). The molecule has 2 aromatic rings. The van der Waals surface area contributed by atoms with Crippen LogP contribution in [-0.2, 0) is 6.61 Å². The molecule has 4 heteroatoms. The van der Waals surface area contributed by atoms with Crippen LogP contribution in [0.5, 0.6) is 5.75 Å². The van der Waals surface area contributed by atoms with E-state index < -0.39 is 5.82 Å². The lowest BCUT2D eigenvalue weighted by atomic mass is 10.1. The van der Waals surface area contributed by atoms with Crippen molar-refractivity contribution in [2.24, 2.45) is 0 Å². The van der Waals surface area contributed by atoms with E-state index >= 15 is 0 Å². The number of rotatable bonds is 3. The minimum atomic E-state index is -0.452. The lowest BCUT2D eigenvalue weighted by Crippen LogP contribution is -1.99. The molecule has 0 aliphatic carbocycles. The van der Waals surface area contributed by atoms with E-state index in [0.29, 0.717) is 16.9 Å². The minimum absolute atomic E-state index is 0.151. The number of ether oxygens (including phenoxy) is 1. The molecule has 0 atom stereocenters. The Morgan fingerprint density at radius 3 is 2.63 bits per heavy atom. The normalized spacial score (nSPS) is 9.42. The van der Waals surface area contributed by atoms with Gasteiger partial charge in [0, 0.05) is 5.56 Å². The first-order chi connectivity index (χ1) is 9.22. The molecule has 0 heterocycles. The fourth-order valence-electron chi connectivity index (χ4n) is 1.60. The highest BCUT2D eigenvalue weighted by atomic mass is 19.1. The molecule has 0 fully saturated rings. The fraction of sp³-hybridized carbons (Fsp3) is 0.0667. The smallest absolute Gasteiger partial charge is 0.124 e. The Bertz CT molecular complexity index is 683. The van der Waals surface area contributed by atoms with Gasteiger partial charge in [0.05, 0.1) is 23.3 Å². The molecular weight excluding hydrogens is 243 g/mol. The second-order valence-corrected chi connectivity index (χ2v) is 3.84. The summed E-state index contributed by atoms with van der Waals surface area (Å²) < 4.78 is 18.5. The topological polar surface area (TPSA) is 56.8 Å². The predicted octanol–water partition coefficient (Wildman–Crippen LogP) is 3.15. The number of hydrogen-bond acceptors (Lipinski definition) is 3. The van der Waals surface area contributed by atoms with Crippen LogP contribution in [0.4, 0.5) is 4.39 Å². The maximum absolute atomic E-state index is 13.0. The third kappa shape index (κ3) is 3.08. The quantitative estimate of drug-likeness (QED) is 0.843. The first-order valence-electron chi connectivity index (χ1n) is 5.54. The van der Waals surface area contributed by atoms with E-state index in [1.807, 2.05) is 12.1 Å². The molecule has 2 aromatic carbocycles. The van der Waals surface area contributed by atoms with Crippen molar-refractivity contribution in [1.29, 1.82) is 10.5 Å². The van der Waals surface area contributed by atoms with E-state index in [1.165, 1.54) is 18.2 Å². The number of nitrogens with zero attached hydrogens (tertiary/aromatic N) is 2. The molecule has 0 aromatic heterocycles. The Kier molecular flexibility index (Phi) is 3.75. The van der Waals surface area contributed by atoms with Gasteiger partial charge in [0.1, 0.15) is 18.2 Å². The SMILES string of the molecule is N#Cc1cccc(OCc2ccc(F)cc2C#N)c1. The average Bonchev–Trinajstić information content (AvgIpc) is 2.46. The molecule has 19 heavy (non-hydrogen) atoms. The summed E-state index contributed by atoms with van der Waals surface area (Å²) in [6, 6.07) is 14.6. The van der Waals surface area contributed by atoms with Crippen LogP contribution < -0.4 is 4.74 Å². The van der Waals surface area contributed by atoms with E-state index in [0.717, 1.165) is 0 Å². The molecule has 0 saturated heterocycles. The summed E-state index contributed by atoms with van der Waals surface area (Å²) in [6.07, 6.45) is 0. The minimum Gasteiger partial charge on any atom is -0.489 e. The Hall–Kier alpha value is -2.85.